The molecule has 0 radical (unpaired) electrons. The number of anilines is 1. The van der Waals surface area contributed by atoms with E-state index < -0.39 is 60.3 Å². The molecule has 1 aromatic heterocycles. The molecule has 0 bridgehead atoms. The zero-order valence-corrected chi connectivity index (χ0v) is 43.3. The van der Waals surface area contributed by atoms with Gasteiger partial charge >= 0.3 is 19.3 Å². The molecule has 1 aliphatic carbocycles. The summed E-state index contributed by atoms with van der Waals surface area (Å²) < 4.78 is 59.4. The van der Waals surface area contributed by atoms with Gasteiger partial charge in [-0.2, -0.15) is 8.78 Å². The van der Waals surface area contributed by atoms with Crippen LogP contribution in [-0.4, -0.2) is 138 Å². The number of hydrogen-bond donors (Lipinski definition) is 4. The van der Waals surface area contributed by atoms with Gasteiger partial charge in [0.1, 0.15) is 23.9 Å². The van der Waals surface area contributed by atoms with Gasteiger partial charge in [-0.25, -0.2) is 4.79 Å². The Morgan fingerprint density at radius 2 is 1.68 bits per heavy atom. The zero-order chi connectivity index (χ0) is 52.9. The molecule has 18 nitrogen and oxygen atoms in total. The van der Waals surface area contributed by atoms with Crippen molar-refractivity contribution < 1.29 is 66.1 Å². The third kappa shape index (κ3) is 10.8. The second kappa shape index (κ2) is 20.7. The number of ether oxygens (including phenoxy) is 3. The summed E-state index contributed by atoms with van der Waals surface area (Å²) in [6, 6.07) is 16.4. The molecule has 5 aliphatic rings. The topological polar surface area (TPSA) is 225 Å². The first-order valence-electron chi connectivity index (χ1n) is 24.8. The van der Waals surface area contributed by atoms with Gasteiger partial charge in [0.05, 0.1) is 36.9 Å². The lowest BCUT2D eigenvalue weighted by Gasteiger charge is -2.52. The number of carbonyl (C=O) groups excluding carboxylic acids is 6. The Bertz CT molecular complexity index is 2880. The summed E-state index contributed by atoms with van der Waals surface area (Å²) >= 11 is 0.973. The maximum Gasteiger partial charge on any atom is 0.399 e. The average Bonchev–Trinajstić information content (AvgIpc) is 4.01. The van der Waals surface area contributed by atoms with Gasteiger partial charge < -0.3 is 44.0 Å². The summed E-state index contributed by atoms with van der Waals surface area (Å²) in [6.07, 6.45) is 2.86. The van der Waals surface area contributed by atoms with E-state index in [2.05, 4.69) is 10.6 Å². The number of nitrogens with zero attached hydrogens (tertiary/aromatic N) is 4. The van der Waals surface area contributed by atoms with Crippen molar-refractivity contribution in [3.05, 3.63) is 94.4 Å². The summed E-state index contributed by atoms with van der Waals surface area (Å²) in [6.45, 7) is 8.00. The van der Waals surface area contributed by atoms with Gasteiger partial charge in [-0.3, -0.25) is 38.8 Å². The van der Waals surface area contributed by atoms with Crippen LogP contribution in [0.1, 0.15) is 96.6 Å². The molecule has 1 spiro atoms. The molecule has 7 amide bonds. The standard InChI is InChI=1S/C52H61F2N6O12PS/c1-50(2,3)44(56-45(62)42-24-34-22-35(11-13-41(34)74-42)52(53,54)73(67,68)69)48(65)60-28-36(25-38(60)47(64)58-20-21-71-40(29-58)32-8-6-5-7-9-32)72-30-31-26-51(27-31)15-18-57(19-16-51)46(63)33-10-12-39(70-4)37(23-33)59-17-14-43(61)55-49(59)66/h5-13,22-24,31,36,38,40,44H,14-21,25-30H2,1-4H3,(H,56,62)(H,55,61,66)(H2,67,68,69)/t36-,38-,40-,44+/m0/s1. The highest BCUT2D eigenvalue weighted by molar-refractivity contribution is 7.52. The number of methoxy groups -OCH3 is 1. The Labute approximate surface area is 430 Å². The molecular weight excluding hydrogens is 1000 g/mol. The van der Waals surface area contributed by atoms with Crippen molar-refractivity contribution in [3.8, 4) is 5.75 Å². The second-order valence-corrected chi connectivity index (χ2v) is 23.9. The minimum atomic E-state index is -5.84. The fraction of sp³-hybridized carbons (Fsp3) is 0.500. The Morgan fingerprint density at radius 3 is 2.35 bits per heavy atom. The Kier molecular flexibility index (Phi) is 14.8. The van der Waals surface area contributed by atoms with Gasteiger partial charge in [-0.15, -0.1) is 11.3 Å². The minimum absolute atomic E-state index is 0.0406. The number of piperidine rings is 1. The van der Waals surface area contributed by atoms with Crippen molar-refractivity contribution >= 4 is 70.3 Å². The highest BCUT2D eigenvalue weighted by Crippen LogP contribution is 2.59. The molecule has 4 atom stereocenters. The number of carbonyl (C=O) groups is 6. The van der Waals surface area contributed by atoms with Crippen LogP contribution in [0.25, 0.3) is 10.1 Å². The lowest BCUT2D eigenvalue weighted by atomic mass is 9.58. The van der Waals surface area contributed by atoms with Crippen molar-refractivity contribution in [1.82, 2.24) is 25.3 Å². The molecule has 0 unspecified atom stereocenters. The fourth-order valence-corrected chi connectivity index (χ4v) is 12.4. The van der Waals surface area contributed by atoms with Crippen molar-refractivity contribution in [2.45, 2.75) is 89.3 Å². The summed E-state index contributed by atoms with van der Waals surface area (Å²) in [7, 11) is -4.36. The van der Waals surface area contributed by atoms with Gasteiger partial charge in [-0.05, 0) is 89.8 Å². The third-order valence-corrected chi connectivity index (χ3v) is 17.2. The van der Waals surface area contributed by atoms with Crippen LogP contribution in [0.4, 0.5) is 19.3 Å². The second-order valence-electron chi connectivity index (χ2n) is 21.2. The van der Waals surface area contributed by atoms with E-state index in [0.717, 1.165) is 54.7 Å². The van der Waals surface area contributed by atoms with Gasteiger partial charge in [-0.1, -0.05) is 57.2 Å². The van der Waals surface area contributed by atoms with E-state index >= 15 is 0 Å². The molecular formula is C52H61F2N6O12PS. The number of urea groups is 1. The van der Waals surface area contributed by atoms with E-state index in [9.17, 15) is 51.9 Å². The van der Waals surface area contributed by atoms with Crippen molar-refractivity contribution in [3.63, 3.8) is 0 Å². The number of nitrogens with one attached hydrogen (secondary N) is 2. The summed E-state index contributed by atoms with van der Waals surface area (Å²) in [5.74, 6) is -1.31. The molecule has 9 rings (SSSR count). The Balaban J connectivity index is 0.858. The first kappa shape index (κ1) is 53.0. The minimum Gasteiger partial charge on any atom is -0.495 e. The molecule has 4 aliphatic heterocycles. The van der Waals surface area contributed by atoms with Crippen LogP contribution in [0.5, 0.6) is 5.75 Å². The largest absolute Gasteiger partial charge is 0.495 e. The van der Waals surface area contributed by atoms with Crippen LogP contribution in [0.15, 0.2) is 72.8 Å². The number of imide groups is 1. The molecule has 4 aromatic rings. The van der Waals surface area contributed by atoms with Gasteiger partial charge in [0.15, 0.2) is 0 Å². The number of halogens is 2. The Morgan fingerprint density at radius 1 is 0.946 bits per heavy atom. The SMILES string of the molecule is COc1ccc(C(=O)N2CCC3(CC2)CC(CO[C@H]2C[C@@H](C(=O)N4CCO[C@H](c5ccccc5)C4)N(C(=O)[C@@H](NC(=O)c4cc5cc(C(F)(F)P(=O)(O)O)ccc5s4)C(C)(C)C)C2)C3)cc1N1CCC(=O)NC1=O. The van der Waals surface area contributed by atoms with E-state index in [4.69, 9.17) is 14.2 Å². The van der Waals surface area contributed by atoms with Crippen LogP contribution >= 0.6 is 18.9 Å². The van der Waals surface area contributed by atoms with Crippen LogP contribution in [-0.2, 0) is 34.1 Å². The van der Waals surface area contributed by atoms with E-state index in [1.54, 1.807) is 43.9 Å². The van der Waals surface area contributed by atoms with E-state index in [-0.39, 0.29) is 77.9 Å². The smallest absolute Gasteiger partial charge is 0.399 e. The number of fused-ring (bicyclic) bond motifs is 1. The first-order chi connectivity index (χ1) is 35.0. The van der Waals surface area contributed by atoms with Crippen LogP contribution in [0.3, 0.4) is 0 Å². The number of rotatable bonds is 13. The number of hydrogen-bond acceptors (Lipinski definition) is 11. The van der Waals surface area contributed by atoms with Crippen LogP contribution < -0.4 is 20.3 Å². The predicted molar refractivity (Wildman–Crippen MR) is 269 cm³/mol. The molecule has 4 saturated heterocycles. The van der Waals surface area contributed by atoms with Gasteiger partial charge in [0.2, 0.25) is 17.7 Å². The summed E-state index contributed by atoms with van der Waals surface area (Å²) in [5, 5.41) is 5.35. The molecule has 22 heteroatoms. The van der Waals surface area contributed by atoms with Crippen molar-refractivity contribution in [2.24, 2.45) is 16.7 Å². The molecule has 3 aromatic carbocycles. The quantitative estimate of drug-likeness (QED) is 0.103. The number of thiophene rings is 1. The van der Waals surface area contributed by atoms with Gasteiger partial charge in [0.25, 0.3) is 11.8 Å². The van der Waals surface area contributed by atoms with Crippen molar-refractivity contribution in [2.75, 3.05) is 64.5 Å². The summed E-state index contributed by atoms with van der Waals surface area (Å²) in [4.78, 5) is 107. The average molecular weight is 1060 g/mol. The van der Waals surface area contributed by atoms with E-state index in [1.165, 1.54) is 29.0 Å². The lowest BCUT2D eigenvalue weighted by molar-refractivity contribution is -0.150. The van der Waals surface area contributed by atoms with E-state index in [1.807, 2.05) is 35.2 Å². The number of alkyl halides is 2. The zero-order valence-electron chi connectivity index (χ0n) is 41.6. The molecule has 396 valence electrons. The Hall–Kier alpha value is -5.83. The molecule has 74 heavy (non-hydrogen) atoms. The molecule has 4 N–H and O–H groups in total. The highest BCUT2D eigenvalue weighted by atomic mass is 32.1. The van der Waals surface area contributed by atoms with E-state index in [0.29, 0.717) is 54.5 Å². The van der Waals surface area contributed by atoms with Crippen LogP contribution in [0, 0.1) is 16.7 Å². The maximum atomic E-state index is 15.0. The van der Waals surface area contributed by atoms with Crippen molar-refractivity contribution in [1.29, 1.82) is 0 Å². The molecule has 5 heterocycles. The lowest BCUT2D eigenvalue weighted by Crippen LogP contribution is -2.58. The number of morpholine rings is 1. The van der Waals surface area contributed by atoms with Gasteiger partial charge in [0, 0.05) is 68.0 Å². The molecule has 1 saturated carbocycles. The normalized spacial score (nSPS) is 22.1. The maximum absolute atomic E-state index is 15.0. The fourth-order valence-electron chi connectivity index (χ4n) is 11.0. The predicted octanol–water partition coefficient (Wildman–Crippen LogP) is 6.65. The molecule has 5 fully saturated rings. The van der Waals surface area contributed by atoms with Crippen LogP contribution in [0.2, 0.25) is 0 Å². The summed E-state index contributed by atoms with van der Waals surface area (Å²) in [5.41, 5.74) is -4.44. The number of amides is 7. The third-order valence-electron chi connectivity index (χ3n) is 15.1. The number of likely N-dealkylation sites (tertiary alicyclic amines) is 2. The number of benzene rings is 3. The highest BCUT2D eigenvalue weighted by Gasteiger charge is 2.52. The monoisotopic (exact) mass is 1060 g/mol. The first-order valence-corrected chi connectivity index (χ1v) is 27.2.